The summed E-state index contributed by atoms with van der Waals surface area (Å²) in [6, 6.07) is 22.7. The second-order valence-corrected chi connectivity index (χ2v) is 6.40. The third-order valence-electron chi connectivity index (χ3n) is 3.90. The number of fused-ring (bicyclic) bond motifs is 1. The van der Waals surface area contributed by atoms with E-state index in [2.05, 4.69) is 16.2 Å². The average Bonchev–Trinajstić information content (AvgIpc) is 2.75. The van der Waals surface area contributed by atoms with Gasteiger partial charge in [0.25, 0.3) is 5.91 Å². The van der Waals surface area contributed by atoms with Crippen LogP contribution in [-0.2, 0) is 9.59 Å². The molecule has 6 nitrogen and oxygen atoms in total. The van der Waals surface area contributed by atoms with Crippen LogP contribution in [0.3, 0.4) is 0 Å². The van der Waals surface area contributed by atoms with E-state index in [0.29, 0.717) is 5.75 Å². The standard InChI is InChI=1S/C22H19N3O3S/c26-20(14-13-17-9-6-8-16-7-4-5-12-19(16)17)23-22(29)25-24-21(27)15-28-18-10-2-1-3-11-18/h1-14H,15H2,(H,24,27)(H2,23,25,26,29)/b14-13+. The fourth-order valence-electron chi connectivity index (χ4n) is 2.57. The number of hydrazine groups is 1. The van der Waals surface area contributed by atoms with Gasteiger partial charge in [-0.25, -0.2) is 0 Å². The van der Waals surface area contributed by atoms with Gasteiger partial charge in [0.05, 0.1) is 0 Å². The molecule has 3 rings (SSSR count). The molecule has 29 heavy (non-hydrogen) atoms. The van der Waals surface area contributed by atoms with Crippen molar-refractivity contribution < 1.29 is 14.3 Å². The van der Waals surface area contributed by atoms with E-state index in [-0.39, 0.29) is 11.7 Å². The summed E-state index contributed by atoms with van der Waals surface area (Å²) < 4.78 is 5.31. The number of para-hydroxylation sites is 1. The maximum atomic E-state index is 12.1. The molecule has 146 valence electrons. The molecule has 2 amide bonds. The number of benzene rings is 3. The summed E-state index contributed by atoms with van der Waals surface area (Å²) in [5.74, 6) is -0.265. The van der Waals surface area contributed by atoms with Crippen LogP contribution in [0.15, 0.2) is 78.9 Å². The van der Waals surface area contributed by atoms with Gasteiger partial charge < -0.3 is 4.74 Å². The van der Waals surface area contributed by atoms with E-state index in [4.69, 9.17) is 17.0 Å². The molecule has 0 aromatic heterocycles. The molecule has 0 atom stereocenters. The van der Waals surface area contributed by atoms with E-state index in [0.717, 1.165) is 16.3 Å². The molecule has 0 saturated heterocycles. The Hall–Kier alpha value is -3.71. The van der Waals surface area contributed by atoms with Crippen LogP contribution in [0.4, 0.5) is 0 Å². The van der Waals surface area contributed by atoms with Gasteiger partial charge in [-0.3, -0.25) is 25.8 Å². The molecule has 0 bridgehead atoms. The van der Waals surface area contributed by atoms with E-state index in [9.17, 15) is 9.59 Å². The second-order valence-electron chi connectivity index (χ2n) is 5.99. The van der Waals surface area contributed by atoms with Crippen LogP contribution in [0.25, 0.3) is 16.8 Å². The number of rotatable bonds is 5. The lowest BCUT2D eigenvalue weighted by atomic mass is 10.0. The summed E-state index contributed by atoms with van der Waals surface area (Å²) in [5.41, 5.74) is 5.75. The van der Waals surface area contributed by atoms with Crippen molar-refractivity contribution in [2.24, 2.45) is 0 Å². The minimum absolute atomic E-state index is 0.0226. The quantitative estimate of drug-likeness (QED) is 0.346. The van der Waals surface area contributed by atoms with Gasteiger partial charge in [-0.1, -0.05) is 60.7 Å². The minimum Gasteiger partial charge on any atom is -0.484 e. The van der Waals surface area contributed by atoms with E-state index >= 15 is 0 Å². The topological polar surface area (TPSA) is 79.5 Å². The molecule has 0 aliphatic heterocycles. The van der Waals surface area contributed by atoms with E-state index in [1.54, 1.807) is 18.2 Å². The fourth-order valence-corrected chi connectivity index (χ4v) is 2.73. The molecule has 3 aromatic rings. The molecule has 0 heterocycles. The predicted molar refractivity (Wildman–Crippen MR) is 117 cm³/mol. The molecule has 0 radical (unpaired) electrons. The van der Waals surface area contributed by atoms with Crippen LogP contribution in [-0.4, -0.2) is 23.5 Å². The monoisotopic (exact) mass is 405 g/mol. The highest BCUT2D eigenvalue weighted by Crippen LogP contribution is 2.19. The minimum atomic E-state index is -0.434. The average molecular weight is 405 g/mol. The second kappa shape index (κ2) is 10.0. The maximum Gasteiger partial charge on any atom is 0.276 e. The van der Waals surface area contributed by atoms with Crippen molar-refractivity contribution in [1.29, 1.82) is 0 Å². The zero-order valence-corrected chi connectivity index (χ0v) is 16.2. The molecule has 0 fully saturated rings. The first-order chi connectivity index (χ1) is 14.1. The van der Waals surface area contributed by atoms with Crippen molar-refractivity contribution in [1.82, 2.24) is 16.2 Å². The summed E-state index contributed by atoms with van der Waals surface area (Å²) in [7, 11) is 0. The smallest absolute Gasteiger partial charge is 0.276 e. The van der Waals surface area contributed by atoms with Crippen LogP contribution in [0.2, 0.25) is 0 Å². The van der Waals surface area contributed by atoms with E-state index < -0.39 is 11.8 Å². The zero-order valence-electron chi connectivity index (χ0n) is 15.4. The van der Waals surface area contributed by atoms with Crippen molar-refractivity contribution >= 4 is 46.0 Å². The van der Waals surface area contributed by atoms with Crippen molar-refractivity contribution in [3.8, 4) is 5.75 Å². The first-order valence-corrected chi connectivity index (χ1v) is 9.26. The fraction of sp³-hybridized carbons (Fsp3) is 0.0455. The summed E-state index contributed by atoms with van der Waals surface area (Å²) in [6.07, 6.45) is 3.10. The lowest BCUT2D eigenvalue weighted by molar-refractivity contribution is -0.123. The van der Waals surface area contributed by atoms with Gasteiger partial charge in [-0.05, 0) is 46.8 Å². The van der Waals surface area contributed by atoms with Gasteiger partial charge in [0.15, 0.2) is 11.7 Å². The van der Waals surface area contributed by atoms with Crippen LogP contribution >= 0.6 is 12.2 Å². The van der Waals surface area contributed by atoms with Gasteiger partial charge in [-0.15, -0.1) is 0 Å². The molecule has 0 saturated carbocycles. The Balaban J connectivity index is 1.44. The number of carbonyl (C=O) groups is 2. The number of ether oxygens (including phenoxy) is 1. The molecule has 0 spiro atoms. The highest BCUT2D eigenvalue weighted by atomic mass is 32.1. The zero-order chi connectivity index (χ0) is 20.5. The molecular formula is C22H19N3O3S. The highest BCUT2D eigenvalue weighted by Gasteiger charge is 2.05. The number of hydrogen-bond donors (Lipinski definition) is 3. The summed E-state index contributed by atoms with van der Waals surface area (Å²) >= 11 is 5.00. The van der Waals surface area contributed by atoms with Gasteiger partial charge in [0, 0.05) is 6.08 Å². The number of nitrogens with one attached hydrogen (secondary N) is 3. The van der Waals surface area contributed by atoms with Gasteiger partial charge in [0.1, 0.15) is 5.75 Å². The van der Waals surface area contributed by atoms with Gasteiger partial charge in [0.2, 0.25) is 5.91 Å². The first-order valence-electron chi connectivity index (χ1n) is 8.85. The van der Waals surface area contributed by atoms with E-state index in [1.165, 1.54) is 6.08 Å². The Kier molecular flexibility index (Phi) is 6.91. The Bertz CT molecular complexity index is 1050. The van der Waals surface area contributed by atoms with Crippen molar-refractivity contribution in [2.75, 3.05) is 6.61 Å². The third-order valence-corrected chi connectivity index (χ3v) is 4.11. The molecule has 7 heteroatoms. The molecule has 0 aliphatic carbocycles. The summed E-state index contributed by atoms with van der Waals surface area (Å²) in [5, 5.41) is 4.58. The van der Waals surface area contributed by atoms with Crippen LogP contribution in [0.1, 0.15) is 5.56 Å². The number of thiocarbonyl (C=S) groups is 1. The maximum absolute atomic E-state index is 12.1. The normalized spacial score (nSPS) is 10.5. The summed E-state index contributed by atoms with van der Waals surface area (Å²) in [4.78, 5) is 23.8. The largest absolute Gasteiger partial charge is 0.484 e. The number of carbonyl (C=O) groups excluding carboxylic acids is 2. The van der Waals surface area contributed by atoms with Gasteiger partial charge >= 0.3 is 0 Å². The van der Waals surface area contributed by atoms with E-state index in [1.807, 2.05) is 60.7 Å². The predicted octanol–water partition coefficient (Wildman–Crippen LogP) is 2.95. The van der Waals surface area contributed by atoms with Crippen molar-refractivity contribution in [3.63, 3.8) is 0 Å². The lowest BCUT2D eigenvalue weighted by Gasteiger charge is -2.10. The Morgan fingerprint density at radius 1 is 0.897 bits per heavy atom. The highest BCUT2D eigenvalue weighted by molar-refractivity contribution is 7.80. The molecule has 0 aliphatic rings. The summed E-state index contributed by atoms with van der Waals surface area (Å²) in [6.45, 7) is -0.186. The third kappa shape index (κ3) is 6.15. The Morgan fingerprint density at radius 3 is 2.45 bits per heavy atom. The van der Waals surface area contributed by atoms with Crippen molar-refractivity contribution in [3.05, 3.63) is 84.4 Å². The molecular weight excluding hydrogens is 386 g/mol. The number of amides is 2. The number of hydrogen-bond acceptors (Lipinski definition) is 4. The van der Waals surface area contributed by atoms with Crippen LogP contribution in [0.5, 0.6) is 5.75 Å². The van der Waals surface area contributed by atoms with Crippen LogP contribution in [0, 0.1) is 0 Å². The van der Waals surface area contributed by atoms with Crippen molar-refractivity contribution in [2.45, 2.75) is 0 Å². The van der Waals surface area contributed by atoms with Gasteiger partial charge in [-0.2, -0.15) is 0 Å². The Morgan fingerprint density at radius 2 is 1.62 bits per heavy atom. The molecule has 3 aromatic carbocycles. The first kappa shape index (κ1) is 20.0. The van der Waals surface area contributed by atoms with Crippen LogP contribution < -0.4 is 20.9 Å². The molecule has 3 N–H and O–H groups in total. The SMILES string of the molecule is O=C(/C=C/c1cccc2ccccc12)NC(=S)NNC(=O)COc1ccccc1. The lowest BCUT2D eigenvalue weighted by Crippen LogP contribution is -2.49. The Labute approximate surface area is 173 Å². The molecule has 0 unspecified atom stereocenters.